The van der Waals surface area contributed by atoms with Crippen molar-refractivity contribution in [3.8, 4) is 0 Å². The van der Waals surface area contributed by atoms with E-state index < -0.39 is 17.6 Å². The van der Waals surface area contributed by atoms with Crippen molar-refractivity contribution in [1.29, 1.82) is 0 Å². The Balaban J connectivity index is 2.05. The number of alkyl halides is 3. The second kappa shape index (κ2) is 5.55. The largest absolute Gasteiger partial charge is 0.415 e. The Bertz CT molecular complexity index is 505. The molecule has 0 aromatic heterocycles. The predicted molar refractivity (Wildman–Crippen MR) is 75.2 cm³/mol. The van der Waals surface area contributed by atoms with Crippen molar-refractivity contribution in [1.82, 2.24) is 0 Å². The van der Waals surface area contributed by atoms with Gasteiger partial charge in [0.2, 0.25) is 0 Å². The second-order valence-electron chi connectivity index (χ2n) is 5.40. The summed E-state index contributed by atoms with van der Waals surface area (Å²) in [7, 11) is 0. The molecule has 7 heteroatoms. The fourth-order valence-electron chi connectivity index (χ4n) is 2.12. The molecule has 2 rings (SSSR count). The summed E-state index contributed by atoms with van der Waals surface area (Å²) in [5, 5.41) is 2.20. The Kier molecular flexibility index (Phi) is 4.13. The fourth-order valence-corrected chi connectivity index (χ4v) is 2.12. The lowest BCUT2D eigenvalue weighted by atomic mass is 10.0. The maximum atomic E-state index is 12.7. The van der Waals surface area contributed by atoms with Gasteiger partial charge in [-0.25, -0.2) is 0 Å². The number of carbonyl (C=O) groups is 1. The molecule has 1 heterocycles. The van der Waals surface area contributed by atoms with E-state index >= 15 is 0 Å². The third-order valence-corrected chi connectivity index (χ3v) is 3.66. The Morgan fingerprint density at radius 3 is 2.19 bits per heavy atom. The molecule has 1 atom stereocenters. The summed E-state index contributed by atoms with van der Waals surface area (Å²) in [5.41, 5.74) is 3.45. The predicted octanol–water partition coefficient (Wildman–Crippen LogP) is 2.50. The summed E-state index contributed by atoms with van der Waals surface area (Å²) < 4.78 is 38.0. The minimum atomic E-state index is -4.80. The number of amides is 1. The molecule has 1 aliphatic rings. The Morgan fingerprint density at radius 2 is 1.71 bits per heavy atom. The molecule has 1 unspecified atom stereocenters. The number of halogens is 3. The summed E-state index contributed by atoms with van der Waals surface area (Å²) in [6.07, 6.45) is -2.53. The topological polar surface area (TPSA) is 58.4 Å². The average molecular weight is 301 g/mol. The molecule has 0 spiro atoms. The van der Waals surface area contributed by atoms with Gasteiger partial charge in [0.25, 0.3) is 5.91 Å². The molecule has 0 aliphatic carbocycles. The first kappa shape index (κ1) is 15.6. The van der Waals surface area contributed by atoms with Crippen LogP contribution in [0, 0.1) is 0 Å². The number of rotatable bonds is 3. The SMILES string of the molecule is CC(N)(C(=O)Nc1ccc(N2CCCC2)cc1)C(F)(F)F. The summed E-state index contributed by atoms with van der Waals surface area (Å²) in [5.74, 6) is -1.27. The first-order valence-electron chi connectivity index (χ1n) is 6.74. The molecule has 1 aromatic rings. The highest BCUT2D eigenvalue weighted by atomic mass is 19.4. The number of nitrogens with one attached hydrogen (secondary N) is 1. The normalized spacial score (nSPS) is 18.4. The summed E-state index contributed by atoms with van der Waals surface area (Å²) in [6.45, 7) is 2.60. The molecule has 0 saturated carbocycles. The lowest BCUT2D eigenvalue weighted by Gasteiger charge is -2.26. The van der Waals surface area contributed by atoms with E-state index in [0.29, 0.717) is 12.6 Å². The average Bonchev–Trinajstić information content (AvgIpc) is 2.92. The van der Waals surface area contributed by atoms with E-state index in [9.17, 15) is 18.0 Å². The van der Waals surface area contributed by atoms with Crippen LogP contribution in [0.4, 0.5) is 24.5 Å². The van der Waals surface area contributed by atoms with Crippen molar-refractivity contribution in [2.75, 3.05) is 23.3 Å². The van der Waals surface area contributed by atoms with Crippen molar-refractivity contribution in [3.05, 3.63) is 24.3 Å². The number of nitrogens with two attached hydrogens (primary N) is 1. The van der Waals surface area contributed by atoms with Gasteiger partial charge < -0.3 is 16.0 Å². The van der Waals surface area contributed by atoms with E-state index in [1.54, 1.807) is 24.3 Å². The number of hydrogen-bond acceptors (Lipinski definition) is 3. The molecule has 1 fully saturated rings. The first-order chi connectivity index (χ1) is 9.72. The van der Waals surface area contributed by atoms with Gasteiger partial charge in [-0.15, -0.1) is 0 Å². The van der Waals surface area contributed by atoms with Gasteiger partial charge in [-0.05, 0) is 44.0 Å². The van der Waals surface area contributed by atoms with E-state index in [4.69, 9.17) is 5.73 Å². The molecular formula is C14H18F3N3O. The van der Waals surface area contributed by atoms with Crippen molar-refractivity contribution in [3.63, 3.8) is 0 Å². The quantitative estimate of drug-likeness (QED) is 0.902. The third-order valence-electron chi connectivity index (χ3n) is 3.66. The molecule has 0 radical (unpaired) electrons. The molecular weight excluding hydrogens is 283 g/mol. The van der Waals surface area contributed by atoms with Gasteiger partial charge in [-0.3, -0.25) is 4.79 Å². The molecule has 21 heavy (non-hydrogen) atoms. The molecule has 4 nitrogen and oxygen atoms in total. The number of hydrogen-bond donors (Lipinski definition) is 2. The molecule has 1 aromatic carbocycles. The van der Waals surface area contributed by atoms with Gasteiger partial charge in [0.1, 0.15) is 0 Å². The van der Waals surface area contributed by atoms with E-state index in [2.05, 4.69) is 10.2 Å². The van der Waals surface area contributed by atoms with Gasteiger partial charge in [-0.1, -0.05) is 0 Å². The summed E-state index contributed by atoms with van der Waals surface area (Å²) in [6, 6.07) is 6.72. The summed E-state index contributed by atoms with van der Waals surface area (Å²) >= 11 is 0. The van der Waals surface area contributed by atoms with Crippen LogP contribution < -0.4 is 16.0 Å². The van der Waals surface area contributed by atoms with Gasteiger partial charge >= 0.3 is 6.18 Å². The highest BCUT2D eigenvalue weighted by Gasteiger charge is 2.53. The molecule has 3 N–H and O–H groups in total. The molecule has 1 amide bonds. The summed E-state index contributed by atoms with van der Waals surface area (Å²) in [4.78, 5) is 13.8. The van der Waals surface area contributed by atoms with Crippen LogP contribution in [0.3, 0.4) is 0 Å². The van der Waals surface area contributed by atoms with Gasteiger partial charge in [-0.2, -0.15) is 13.2 Å². The van der Waals surface area contributed by atoms with Crippen LogP contribution in [0.1, 0.15) is 19.8 Å². The minimum absolute atomic E-state index is 0.295. The Morgan fingerprint density at radius 1 is 1.19 bits per heavy atom. The van der Waals surface area contributed by atoms with Crippen LogP contribution in [0.5, 0.6) is 0 Å². The zero-order valence-electron chi connectivity index (χ0n) is 11.7. The standard InChI is InChI=1S/C14H18F3N3O/c1-13(18,14(15,16)17)12(21)19-10-4-6-11(7-5-10)20-8-2-3-9-20/h4-7H,2-3,8-9,18H2,1H3,(H,19,21). The minimum Gasteiger partial charge on any atom is -0.372 e. The highest BCUT2D eigenvalue weighted by Crippen LogP contribution is 2.29. The maximum absolute atomic E-state index is 12.7. The molecule has 116 valence electrons. The maximum Gasteiger partial charge on any atom is 0.415 e. The van der Waals surface area contributed by atoms with E-state index in [-0.39, 0.29) is 0 Å². The van der Waals surface area contributed by atoms with Crippen LogP contribution in [0.15, 0.2) is 24.3 Å². The van der Waals surface area contributed by atoms with Crippen molar-refractivity contribution in [2.45, 2.75) is 31.5 Å². The fraction of sp³-hybridized carbons (Fsp3) is 0.500. The zero-order valence-corrected chi connectivity index (χ0v) is 11.7. The second-order valence-corrected chi connectivity index (χ2v) is 5.40. The Labute approximate surface area is 121 Å². The van der Waals surface area contributed by atoms with Crippen LogP contribution >= 0.6 is 0 Å². The number of benzene rings is 1. The van der Waals surface area contributed by atoms with Crippen LogP contribution in [-0.4, -0.2) is 30.7 Å². The van der Waals surface area contributed by atoms with E-state index in [1.165, 1.54) is 0 Å². The van der Waals surface area contributed by atoms with Gasteiger partial charge in [0, 0.05) is 24.5 Å². The number of nitrogens with zero attached hydrogens (tertiary/aromatic N) is 1. The Hall–Kier alpha value is -1.76. The van der Waals surface area contributed by atoms with E-state index in [0.717, 1.165) is 31.6 Å². The van der Waals surface area contributed by atoms with E-state index in [1.807, 2.05) is 0 Å². The highest BCUT2D eigenvalue weighted by molar-refractivity contribution is 5.98. The van der Waals surface area contributed by atoms with Gasteiger partial charge in [0.15, 0.2) is 5.54 Å². The van der Waals surface area contributed by atoms with Crippen molar-refractivity contribution < 1.29 is 18.0 Å². The lowest BCUT2D eigenvalue weighted by Crippen LogP contribution is -2.59. The van der Waals surface area contributed by atoms with Crippen LogP contribution in [0.2, 0.25) is 0 Å². The first-order valence-corrected chi connectivity index (χ1v) is 6.74. The zero-order chi connectivity index (χ0) is 15.7. The molecule has 1 aliphatic heterocycles. The molecule has 1 saturated heterocycles. The van der Waals surface area contributed by atoms with Crippen LogP contribution in [-0.2, 0) is 4.79 Å². The third kappa shape index (κ3) is 3.29. The van der Waals surface area contributed by atoms with Gasteiger partial charge in [0.05, 0.1) is 0 Å². The van der Waals surface area contributed by atoms with Crippen LogP contribution in [0.25, 0.3) is 0 Å². The number of anilines is 2. The molecule has 0 bridgehead atoms. The number of carbonyl (C=O) groups excluding carboxylic acids is 1. The monoisotopic (exact) mass is 301 g/mol. The van der Waals surface area contributed by atoms with Crippen molar-refractivity contribution in [2.24, 2.45) is 5.73 Å². The lowest BCUT2D eigenvalue weighted by molar-refractivity contribution is -0.184. The smallest absolute Gasteiger partial charge is 0.372 e. The van der Waals surface area contributed by atoms with Crippen molar-refractivity contribution >= 4 is 17.3 Å².